The molecule has 0 saturated carbocycles. The largest absolute Gasteiger partial charge is 0.480 e. The predicted octanol–water partition coefficient (Wildman–Crippen LogP) is 3.07. The van der Waals surface area contributed by atoms with E-state index in [-0.39, 0.29) is 0 Å². The standard InChI is InChI=1S/C13H17BrN2O3/c1-13(2,3)10(11(17)18)16-12(19)15-9-6-4-5-8(14)7-9/h4-7,10H,1-3H3,(H,17,18)(H2,15,16,19)/t10-/m1/s1. The van der Waals surface area contributed by atoms with E-state index in [4.69, 9.17) is 5.11 Å². The molecule has 0 aliphatic carbocycles. The maximum atomic E-state index is 11.8. The lowest BCUT2D eigenvalue weighted by Crippen LogP contribution is -2.50. The number of carboxylic acid groups (broad SMARTS) is 1. The summed E-state index contributed by atoms with van der Waals surface area (Å²) in [7, 11) is 0. The van der Waals surface area contributed by atoms with Crippen LogP contribution < -0.4 is 10.6 Å². The number of urea groups is 1. The van der Waals surface area contributed by atoms with Crippen molar-refractivity contribution in [3.05, 3.63) is 28.7 Å². The maximum absolute atomic E-state index is 11.8. The molecule has 0 aliphatic rings. The smallest absolute Gasteiger partial charge is 0.326 e. The van der Waals surface area contributed by atoms with Crippen molar-refractivity contribution in [1.82, 2.24) is 5.32 Å². The van der Waals surface area contributed by atoms with E-state index >= 15 is 0 Å². The van der Waals surface area contributed by atoms with Gasteiger partial charge in [0.25, 0.3) is 0 Å². The van der Waals surface area contributed by atoms with Crippen LogP contribution in [0.1, 0.15) is 20.8 Å². The summed E-state index contributed by atoms with van der Waals surface area (Å²) < 4.78 is 0.830. The van der Waals surface area contributed by atoms with Crippen LogP contribution >= 0.6 is 15.9 Å². The van der Waals surface area contributed by atoms with Gasteiger partial charge in [-0.3, -0.25) is 0 Å². The van der Waals surface area contributed by atoms with Gasteiger partial charge in [-0.1, -0.05) is 42.8 Å². The molecule has 0 bridgehead atoms. The van der Waals surface area contributed by atoms with Crippen molar-refractivity contribution in [2.75, 3.05) is 5.32 Å². The summed E-state index contributed by atoms with van der Waals surface area (Å²) in [4.78, 5) is 22.9. The molecule has 5 nitrogen and oxygen atoms in total. The molecule has 3 N–H and O–H groups in total. The fourth-order valence-electron chi connectivity index (χ4n) is 1.51. The van der Waals surface area contributed by atoms with Crippen molar-refractivity contribution < 1.29 is 14.7 Å². The van der Waals surface area contributed by atoms with E-state index in [0.717, 1.165) is 4.47 Å². The first-order chi connectivity index (χ1) is 8.70. The van der Waals surface area contributed by atoms with E-state index in [1.54, 1.807) is 39.0 Å². The highest BCUT2D eigenvalue weighted by molar-refractivity contribution is 9.10. The van der Waals surface area contributed by atoms with Crippen LogP contribution in [0.25, 0.3) is 0 Å². The lowest BCUT2D eigenvalue weighted by Gasteiger charge is -2.27. The molecule has 1 atom stereocenters. The highest BCUT2D eigenvalue weighted by Gasteiger charge is 2.32. The van der Waals surface area contributed by atoms with Crippen LogP contribution in [-0.4, -0.2) is 23.1 Å². The van der Waals surface area contributed by atoms with E-state index in [2.05, 4.69) is 26.6 Å². The highest BCUT2D eigenvalue weighted by Crippen LogP contribution is 2.20. The zero-order chi connectivity index (χ0) is 14.6. The molecule has 0 aromatic heterocycles. The van der Waals surface area contributed by atoms with Gasteiger partial charge >= 0.3 is 12.0 Å². The first kappa shape index (κ1) is 15.5. The van der Waals surface area contributed by atoms with Gasteiger partial charge < -0.3 is 15.7 Å². The normalized spacial score (nSPS) is 12.6. The highest BCUT2D eigenvalue weighted by atomic mass is 79.9. The molecule has 0 aliphatic heterocycles. The Hall–Kier alpha value is -1.56. The average molecular weight is 329 g/mol. The summed E-state index contributed by atoms with van der Waals surface area (Å²) in [6.07, 6.45) is 0. The minimum absolute atomic E-state index is 0.541. The fourth-order valence-corrected chi connectivity index (χ4v) is 1.91. The number of carboxylic acids is 1. The van der Waals surface area contributed by atoms with Crippen molar-refractivity contribution >= 4 is 33.6 Å². The molecule has 1 rings (SSSR count). The summed E-state index contributed by atoms with van der Waals surface area (Å²) in [6.45, 7) is 5.27. The molecule has 0 unspecified atom stereocenters. The molecular formula is C13H17BrN2O3. The first-order valence-corrected chi connectivity index (χ1v) is 6.55. The number of hydrogen-bond donors (Lipinski definition) is 3. The average Bonchev–Trinajstić information content (AvgIpc) is 2.24. The van der Waals surface area contributed by atoms with Gasteiger partial charge in [0.2, 0.25) is 0 Å². The van der Waals surface area contributed by atoms with Gasteiger partial charge in [0.05, 0.1) is 0 Å². The molecule has 0 saturated heterocycles. The van der Waals surface area contributed by atoms with Crippen LogP contribution in [0.3, 0.4) is 0 Å². The Bertz CT molecular complexity index is 483. The third kappa shape index (κ3) is 4.90. The number of carbonyl (C=O) groups is 2. The third-order valence-corrected chi connectivity index (χ3v) is 2.96. The molecule has 1 aromatic rings. The summed E-state index contributed by atoms with van der Waals surface area (Å²) in [5.41, 5.74) is 0.0189. The monoisotopic (exact) mass is 328 g/mol. The summed E-state index contributed by atoms with van der Waals surface area (Å²) >= 11 is 3.29. The number of hydrogen-bond acceptors (Lipinski definition) is 2. The minimum atomic E-state index is -1.06. The van der Waals surface area contributed by atoms with E-state index < -0.39 is 23.5 Å². The Labute approximate surface area is 120 Å². The van der Waals surface area contributed by atoms with Crippen LogP contribution in [0, 0.1) is 5.41 Å². The van der Waals surface area contributed by atoms with Crippen LogP contribution in [0.4, 0.5) is 10.5 Å². The second-order valence-corrected chi connectivity index (χ2v) is 6.16. The molecule has 0 fully saturated rings. The zero-order valence-corrected chi connectivity index (χ0v) is 12.6. The molecule has 1 aromatic carbocycles. The number of aliphatic carboxylic acids is 1. The van der Waals surface area contributed by atoms with Crippen molar-refractivity contribution in [3.8, 4) is 0 Å². The van der Waals surface area contributed by atoms with Crippen LogP contribution in [-0.2, 0) is 4.79 Å². The number of benzene rings is 1. The van der Waals surface area contributed by atoms with Gasteiger partial charge in [-0.2, -0.15) is 0 Å². The van der Waals surface area contributed by atoms with Crippen LogP contribution in [0.2, 0.25) is 0 Å². The molecule has 104 valence electrons. The number of amides is 2. The van der Waals surface area contributed by atoms with E-state index in [0.29, 0.717) is 5.69 Å². The second-order valence-electron chi connectivity index (χ2n) is 5.25. The minimum Gasteiger partial charge on any atom is -0.480 e. The van der Waals surface area contributed by atoms with Crippen LogP contribution in [0.5, 0.6) is 0 Å². The molecule has 2 amide bonds. The predicted molar refractivity (Wildman–Crippen MR) is 77.2 cm³/mol. The van der Waals surface area contributed by atoms with Gasteiger partial charge in [0.15, 0.2) is 0 Å². The first-order valence-electron chi connectivity index (χ1n) is 5.76. The summed E-state index contributed by atoms with van der Waals surface area (Å²) in [5.74, 6) is -1.06. The van der Waals surface area contributed by atoms with Gasteiger partial charge in [0, 0.05) is 10.2 Å². The molecule has 19 heavy (non-hydrogen) atoms. The zero-order valence-electron chi connectivity index (χ0n) is 11.0. The number of halogens is 1. The lowest BCUT2D eigenvalue weighted by atomic mass is 9.87. The molecule has 0 spiro atoms. The topological polar surface area (TPSA) is 78.4 Å². The van der Waals surface area contributed by atoms with E-state index in [1.165, 1.54) is 0 Å². The second kappa shape index (κ2) is 6.06. The lowest BCUT2D eigenvalue weighted by molar-refractivity contribution is -0.141. The number of carbonyl (C=O) groups excluding carboxylic acids is 1. The Kier molecular flexibility index (Phi) is 4.94. The molecule has 0 heterocycles. The van der Waals surface area contributed by atoms with E-state index in [1.807, 2.05) is 6.07 Å². The number of rotatable bonds is 3. The van der Waals surface area contributed by atoms with Crippen molar-refractivity contribution in [1.29, 1.82) is 0 Å². The Morgan fingerprint density at radius 1 is 1.32 bits per heavy atom. The number of nitrogens with one attached hydrogen (secondary N) is 2. The van der Waals surface area contributed by atoms with Gasteiger partial charge in [-0.25, -0.2) is 9.59 Å². The molecule has 6 heteroatoms. The quantitative estimate of drug-likeness (QED) is 0.797. The van der Waals surface area contributed by atoms with Crippen molar-refractivity contribution in [2.24, 2.45) is 5.41 Å². The van der Waals surface area contributed by atoms with Crippen molar-refractivity contribution in [3.63, 3.8) is 0 Å². The SMILES string of the molecule is CC(C)(C)[C@H](NC(=O)Nc1cccc(Br)c1)C(=O)O. The maximum Gasteiger partial charge on any atom is 0.326 e. The fraction of sp³-hybridized carbons (Fsp3) is 0.385. The van der Waals surface area contributed by atoms with Gasteiger partial charge in [-0.05, 0) is 23.6 Å². The summed E-state index contributed by atoms with van der Waals surface area (Å²) in [5, 5.41) is 14.2. The Balaban J connectivity index is 2.71. The number of anilines is 1. The third-order valence-electron chi connectivity index (χ3n) is 2.47. The molecule has 0 radical (unpaired) electrons. The summed E-state index contributed by atoms with van der Waals surface area (Å²) in [6, 6.07) is 5.56. The van der Waals surface area contributed by atoms with Gasteiger partial charge in [-0.15, -0.1) is 0 Å². The van der Waals surface area contributed by atoms with Crippen molar-refractivity contribution in [2.45, 2.75) is 26.8 Å². The van der Waals surface area contributed by atoms with Gasteiger partial charge in [0.1, 0.15) is 6.04 Å². The van der Waals surface area contributed by atoms with Crippen LogP contribution in [0.15, 0.2) is 28.7 Å². The Morgan fingerprint density at radius 2 is 1.95 bits per heavy atom. The van der Waals surface area contributed by atoms with E-state index in [9.17, 15) is 9.59 Å². The molecular weight excluding hydrogens is 312 g/mol. The Morgan fingerprint density at radius 3 is 2.42 bits per heavy atom.